The summed E-state index contributed by atoms with van der Waals surface area (Å²) in [6.45, 7) is -0.125. The minimum absolute atomic E-state index is 0.125. The normalized spacial score (nSPS) is 12.3. The van der Waals surface area contributed by atoms with Crippen LogP contribution in [0.5, 0.6) is 0 Å². The van der Waals surface area contributed by atoms with Crippen molar-refractivity contribution < 1.29 is 9.59 Å². The number of carbonyl (C=O) groups is 1. The standard InChI is InChI=1S/C13H14N3O2/c14-11(13(18)15-5-6-17)7-9-8-16-12-4-2-1-3-10(9)12/h1-4,8,11,16H,5,7,14H2,(H,15,18)/t11-/m0/s1. The van der Waals surface area contributed by atoms with Gasteiger partial charge in [0.2, 0.25) is 12.2 Å². The van der Waals surface area contributed by atoms with Crippen molar-refractivity contribution in [3.63, 3.8) is 0 Å². The number of nitrogens with two attached hydrogens (primary N) is 1. The minimum Gasteiger partial charge on any atom is -0.361 e. The van der Waals surface area contributed by atoms with E-state index in [2.05, 4.69) is 10.3 Å². The van der Waals surface area contributed by atoms with Gasteiger partial charge in [0.25, 0.3) is 0 Å². The number of hydrogen-bond donors (Lipinski definition) is 3. The lowest BCUT2D eigenvalue weighted by Crippen LogP contribution is -2.42. The maximum atomic E-state index is 11.5. The van der Waals surface area contributed by atoms with Crippen molar-refractivity contribution in [2.24, 2.45) is 5.73 Å². The Bertz CT molecular complexity index is 562. The van der Waals surface area contributed by atoms with Crippen molar-refractivity contribution in [1.82, 2.24) is 10.3 Å². The average Bonchev–Trinajstić information content (AvgIpc) is 2.79. The molecule has 1 heterocycles. The van der Waals surface area contributed by atoms with Gasteiger partial charge < -0.3 is 16.0 Å². The summed E-state index contributed by atoms with van der Waals surface area (Å²) in [5.74, 6) is -0.344. The lowest BCUT2D eigenvalue weighted by Gasteiger charge is -2.09. The zero-order valence-electron chi connectivity index (χ0n) is 9.77. The average molecular weight is 244 g/mol. The summed E-state index contributed by atoms with van der Waals surface area (Å²) in [4.78, 5) is 24.7. The Balaban J connectivity index is 2.09. The Labute approximate surface area is 104 Å². The quantitative estimate of drug-likeness (QED) is 0.705. The molecule has 2 aromatic rings. The van der Waals surface area contributed by atoms with Gasteiger partial charge >= 0.3 is 0 Å². The summed E-state index contributed by atoms with van der Waals surface area (Å²) in [5.41, 5.74) is 7.79. The highest BCUT2D eigenvalue weighted by Crippen LogP contribution is 2.18. The first kappa shape index (κ1) is 12.3. The molecule has 0 saturated carbocycles. The lowest BCUT2D eigenvalue weighted by molar-refractivity contribution is -0.122. The third-order valence-electron chi connectivity index (χ3n) is 2.79. The first-order chi connectivity index (χ1) is 8.72. The SMILES string of the molecule is N[C@@H](Cc1c[nH]c2ccccc12)C(=O)NC[C]=O. The van der Waals surface area contributed by atoms with E-state index in [9.17, 15) is 9.59 Å². The van der Waals surface area contributed by atoms with Crippen LogP contribution in [-0.4, -0.2) is 29.8 Å². The summed E-state index contributed by atoms with van der Waals surface area (Å²) in [6, 6.07) is 7.15. The molecule has 0 aliphatic carbocycles. The molecule has 0 aliphatic heterocycles. The second-order valence-electron chi connectivity index (χ2n) is 4.03. The van der Waals surface area contributed by atoms with E-state index in [-0.39, 0.29) is 12.5 Å². The van der Waals surface area contributed by atoms with Gasteiger partial charge in [-0.25, -0.2) is 0 Å². The van der Waals surface area contributed by atoms with Gasteiger partial charge in [0.05, 0.1) is 12.6 Å². The van der Waals surface area contributed by atoms with Crippen molar-refractivity contribution in [3.05, 3.63) is 36.0 Å². The topological polar surface area (TPSA) is 88.0 Å². The number of nitrogens with one attached hydrogen (secondary N) is 2. The summed E-state index contributed by atoms with van der Waals surface area (Å²) in [7, 11) is 0. The number of rotatable bonds is 5. The van der Waals surface area contributed by atoms with Crippen LogP contribution in [0.3, 0.4) is 0 Å². The maximum Gasteiger partial charge on any atom is 0.237 e. The molecule has 2 rings (SSSR count). The molecule has 5 heteroatoms. The molecule has 1 atom stereocenters. The van der Waals surface area contributed by atoms with E-state index >= 15 is 0 Å². The number of aromatic nitrogens is 1. The molecule has 0 bridgehead atoms. The van der Waals surface area contributed by atoms with E-state index < -0.39 is 6.04 Å². The van der Waals surface area contributed by atoms with E-state index in [0.29, 0.717) is 6.42 Å². The first-order valence-corrected chi connectivity index (χ1v) is 5.65. The number of hydrogen-bond acceptors (Lipinski definition) is 3. The highest BCUT2D eigenvalue weighted by molar-refractivity contribution is 5.86. The van der Waals surface area contributed by atoms with Gasteiger partial charge in [0.15, 0.2) is 0 Å². The number of H-pyrrole nitrogens is 1. The van der Waals surface area contributed by atoms with Crippen LogP contribution in [0.2, 0.25) is 0 Å². The summed E-state index contributed by atoms with van der Waals surface area (Å²) in [6.07, 6.45) is 3.87. The molecular weight excluding hydrogens is 230 g/mol. The molecule has 1 aromatic carbocycles. The highest BCUT2D eigenvalue weighted by atomic mass is 16.2. The van der Waals surface area contributed by atoms with Crippen LogP contribution in [0.4, 0.5) is 0 Å². The van der Waals surface area contributed by atoms with Crippen LogP contribution < -0.4 is 11.1 Å². The van der Waals surface area contributed by atoms with Crippen LogP contribution >= 0.6 is 0 Å². The number of aromatic amines is 1. The van der Waals surface area contributed by atoms with Crippen LogP contribution in [0.15, 0.2) is 30.5 Å². The van der Waals surface area contributed by atoms with Crippen LogP contribution in [0, 0.1) is 0 Å². The summed E-state index contributed by atoms with van der Waals surface area (Å²) in [5, 5.41) is 3.45. The zero-order chi connectivity index (χ0) is 13.0. The molecule has 0 aliphatic rings. The van der Waals surface area contributed by atoms with Gasteiger partial charge in [0, 0.05) is 17.1 Å². The van der Waals surface area contributed by atoms with Gasteiger partial charge in [-0.15, -0.1) is 0 Å². The lowest BCUT2D eigenvalue weighted by atomic mass is 10.1. The number of amides is 1. The molecule has 0 fully saturated rings. The van der Waals surface area contributed by atoms with E-state index in [1.54, 1.807) is 6.29 Å². The number of para-hydroxylation sites is 1. The fourth-order valence-electron chi connectivity index (χ4n) is 1.88. The Morgan fingerprint density at radius 3 is 3.00 bits per heavy atom. The van der Waals surface area contributed by atoms with E-state index in [0.717, 1.165) is 16.5 Å². The second kappa shape index (κ2) is 5.46. The molecule has 1 amide bonds. The van der Waals surface area contributed by atoms with E-state index in [1.807, 2.05) is 30.5 Å². The zero-order valence-corrected chi connectivity index (χ0v) is 9.77. The van der Waals surface area contributed by atoms with E-state index in [1.165, 1.54) is 0 Å². The van der Waals surface area contributed by atoms with Crippen LogP contribution in [0.25, 0.3) is 10.9 Å². The van der Waals surface area contributed by atoms with Crippen molar-refractivity contribution in [3.8, 4) is 0 Å². The molecular formula is C13H14N3O2. The Hall–Kier alpha value is -2.14. The third kappa shape index (κ3) is 2.57. The Morgan fingerprint density at radius 1 is 1.44 bits per heavy atom. The summed E-state index contributed by atoms with van der Waals surface area (Å²) >= 11 is 0. The van der Waals surface area contributed by atoms with Gasteiger partial charge in [0.1, 0.15) is 0 Å². The van der Waals surface area contributed by atoms with Gasteiger partial charge in [-0.1, -0.05) is 18.2 Å². The van der Waals surface area contributed by atoms with E-state index in [4.69, 9.17) is 5.73 Å². The fourth-order valence-corrected chi connectivity index (χ4v) is 1.88. The minimum atomic E-state index is -0.669. The monoisotopic (exact) mass is 244 g/mol. The smallest absolute Gasteiger partial charge is 0.237 e. The molecule has 1 aromatic heterocycles. The largest absolute Gasteiger partial charge is 0.361 e. The van der Waals surface area contributed by atoms with Gasteiger partial charge in [-0.3, -0.25) is 9.59 Å². The first-order valence-electron chi connectivity index (χ1n) is 5.65. The number of benzene rings is 1. The molecule has 4 N–H and O–H groups in total. The maximum absolute atomic E-state index is 11.5. The molecule has 5 nitrogen and oxygen atoms in total. The highest BCUT2D eigenvalue weighted by Gasteiger charge is 2.15. The van der Waals surface area contributed by atoms with Crippen molar-refractivity contribution in [2.75, 3.05) is 6.54 Å². The number of fused-ring (bicyclic) bond motifs is 1. The predicted molar refractivity (Wildman–Crippen MR) is 68.7 cm³/mol. The second-order valence-corrected chi connectivity index (χ2v) is 4.03. The Morgan fingerprint density at radius 2 is 2.22 bits per heavy atom. The fraction of sp³-hybridized carbons (Fsp3) is 0.231. The molecule has 0 unspecified atom stereocenters. The van der Waals surface area contributed by atoms with Crippen molar-refractivity contribution in [2.45, 2.75) is 12.5 Å². The van der Waals surface area contributed by atoms with Gasteiger partial charge in [-0.2, -0.15) is 0 Å². The molecule has 18 heavy (non-hydrogen) atoms. The van der Waals surface area contributed by atoms with Crippen LogP contribution in [0.1, 0.15) is 5.56 Å². The Kier molecular flexibility index (Phi) is 3.74. The molecule has 1 radical (unpaired) electrons. The van der Waals surface area contributed by atoms with Crippen LogP contribution in [-0.2, 0) is 16.0 Å². The third-order valence-corrected chi connectivity index (χ3v) is 2.79. The molecule has 93 valence electrons. The summed E-state index contributed by atoms with van der Waals surface area (Å²) < 4.78 is 0. The number of carbonyl (C=O) groups excluding carboxylic acids is 2. The predicted octanol–water partition coefficient (Wildman–Crippen LogP) is 0.264. The molecule has 0 spiro atoms. The van der Waals surface area contributed by atoms with Crippen molar-refractivity contribution in [1.29, 1.82) is 0 Å². The molecule has 0 saturated heterocycles. The van der Waals surface area contributed by atoms with Crippen molar-refractivity contribution >= 4 is 23.1 Å². The van der Waals surface area contributed by atoms with Gasteiger partial charge in [-0.05, 0) is 18.1 Å².